The van der Waals surface area contributed by atoms with Gasteiger partial charge in [-0.25, -0.2) is 13.9 Å². The van der Waals surface area contributed by atoms with E-state index in [1.807, 2.05) is 6.92 Å². The predicted octanol–water partition coefficient (Wildman–Crippen LogP) is 2.56. The summed E-state index contributed by atoms with van der Waals surface area (Å²) in [6, 6.07) is 1.56. The first-order valence-corrected chi connectivity index (χ1v) is 7.98. The number of nitrogens with zero attached hydrogens (tertiary/aromatic N) is 4. The number of halogens is 1. The lowest BCUT2D eigenvalue weighted by atomic mass is 10.2. The first kappa shape index (κ1) is 16.3. The molecule has 2 aromatic heterocycles. The molecular weight excluding hydrogens is 341 g/mol. The number of hydrogen-bond acceptors (Lipinski definition) is 6. The fourth-order valence-corrected chi connectivity index (χ4v) is 2.67. The van der Waals surface area contributed by atoms with Gasteiger partial charge in [0.1, 0.15) is 30.0 Å². The summed E-state index contributed by atoms with van der Waals surface area (Å²) in [4.78, 5) is 11.0. The SMILES string of the molecule is Cc1c(OCC(C)O)cn2ncnc(Oc3c[nH]c4nccc-4c3F)c12. The number of aliphatic hydroxyl groups excluding tert-OH is 1. The van der Waals surface area contributed by atoms with Crippen LogP contribution in [0.25, 0.3) is 16.9 Å². The summed E-state index contributed by atoms with van der Waals surface area (Å²) < 4.78 is 27.4. The summed E-state index contributed by atoms with van der Waals surface area (Å²) in [5, 5.41) is 13.5. The summed E-state index contributed by atoms with van der Waals surface area (Å²) in [5.74, 6) is 0.644. The molecular formula is C17H16FN5O3. The Bertz CT molecular complexity index is 1040. The third-order valence-electron chi connectivity index (χ3n) is 3.93. The summed E-state index contributed by atoms with van der Waals surface area (Å²) in [7, 11) is 0. The second kappa shape index (κ2) is 6.26. The predicted molar refractivity (Wildman–Crippen MR) is 90.1 cm³/mol. The number of aromatic nitrogens is 5. The molecule has 2 aromatic rings. The molecule has 0 amide bonds. The van der Waals surface area contributed by atoms with E-state index in [1.54, 1.807) is 23.7 Å². The number of pyridine rings is 1. The molecule has 134 valence electrons. The van der Waals surface area contributed by atoms with Crippen molar-refractivity contribution in [3.63, 3.8) is 0 Å². The van der Waals surface area contributed by atoms with Gasteiger partial charge in [0.25, 0.3) is 0 Å². The van der Waals surface area contributed by atoms with Crippen molar-refractivity contribution < 1.29 is 19.0 Å². The number of aliphatic hydroxyl groups is 1. The van der Waals surface area contributed by atoms with Crippen LogP contribution in [-0.2, 0) is 0 Å². The summed E-state index contributed by atoms with van der Waals surface area (Å²) in [6.07, 6.45) is 5.28. The molecule has 0 aliphatic carbocycles. The maximum atomic E-state index is 14.6. The lowest BCUT2D eigenvalue weighted by molar-refractivity contribution is 0.122. The van der Waals surface area contributed by atoms with E-state index >= 15 is 0 Å². The molecule has 4 rings (SSSR count). The van der Waals surface area contributed by atoms with Crippen molar-refractivity contribution >= 4 is 5.52 Å². The number of aryl methyl sites for hydroxylation is 1. The van der Waals surface area contributed by atoms with Gasteiger partial charge in [-0.2, -0.15) is 10.1 Å². The van der Waals surface area contributed by atoms with Gasteiger partial charge < -0.3 is 19.6 Å². The van der Waals surface area contributed by atoms with Crippen molar-refractivity contribution in [3.8, 4) is 28.8 Å². The van der Waals surface area contributed by atoms with Gasteiger partial charge in [-0.3, -0.25) is 0 Å². The smallest absolute Gasteiger partial charge is 0.247 e. The van der Waals surface area contributed by atoms with Crippen molar-refractivity contribution in [1.82, 2.24) is 24.6 Å². The Morgan fingerprint density at radius 2 is 2.19 bits per heavy atom. The average molecular weight is 357 g/mol. The van der Waals surface area contributed by atoms with E-state index in [2.05, 4.69) is 20.1 Å². The van der Waals surface area contributed by atoms with Crippen molar-refractivity contribution in [1.29, 1.82) is 0 Å². The highest BCUT2D eigenvalue weighted by Crippen LogP contribution is 2.35. The van der Waals surface area contributed by atoms with Gasteiger partial charge in [0.2, 0.25) is 5.88 Å². The maximum Gasteiger partial charge on any atom is 0.247 e. The average Bonchev–Trinajstić information content (AvgIpc) is 3.21. The number of nitrogens with one attached hydrogen (secondary N) is 1. The lowest BCUT2D eigenvalue weighted by Crippen LogP contribution is -2.12. The fourth-order valence-electron chi connectivity index (χ4n) is 2.67. The summed E-state index contributed by atoms with van der Waals surface area (Å²) in [5.41, 5.74) is 1.61. The van der Waals surface area contributed by atoms with Crippen LogP contribution in [0.3, 0.4) is 0 Å². The van der Waals surface area contributed by atoms with E-state index in [9.17, 15) is 9.50 Å². The normalized spacial score (nSPS) is 12.6. The minimum Gasteiger partial charge on any atom is -0.489 e. The third kappa shape index (κ3) is 2.72. The van der Waals surface area contributed by atoms with Crippen molar-refractivity contribution in [2.75, 3.05) is 6.61 Å². The number of fused-ring (bicyclic) bond motifs is 2. The van der Waals surface area contributed by atoms with Gasteiger partial charge >= 0.3 is 0 Å². The van der Waals surface area contributed by atoms with Gasteiger partial charge in [-0.1, -0.05) is 0 Å². The standard InChI is InChI=1S/C17H16FN5O3/c1-9(24)7-25-13-6-23-15(10(13)2)17(21-8-22-23)26-12-5-20-16-11(14(12)18)3-4-19-16/h3-6,8-9,24H,7H2,1-2H3,(H,19,20). The van der Waals surface area contributed by atoms with Crippen LogP contribution in [0.2, 0.25) is 0 Å². The summed E-state index contributed by atoms with van der Waals surface area (Å²) in [6.45, 7) is 3.59. The van der Waals surface area contributed by atoms with E-state index in [4.69, 9.17) is 9.47 Å². The van der Waals surface area contributed by atoms with Crippen LogP contribution < -0.4 is 9.47 Å². The Balaban J connectivity index is 1.74. The Hall–Kier alpha value is -3.20. The van der Waals surface area contributed by atoms with E-state index in [0.717, 1.165) is 5.56 Å². The number of hydrogen-bond donors (Lipinski definition) is 2. The number of H-pyrrole nitrogens is 1. The Morgan fingerprint density at radius 3 is 3.00 bits per heavy atom. The van der Waals surface area contributed by atoms with Crippen LogP contribution in [0.15, 0.2) is 31.0 Å². The molecule has 0 aromatic carbocycles. The highest BCUT2D eigenvalue weighted by Gasteiger charge is 2.20. The quantitative estimate of drug-likeness (QED) is 0.570. The lowest BCUT2D eigenvalue weighted by Gasteiger charge is -2.10. The van der Waals surface area contributed by atoms with Crippen molar-refractivity contribution in [3.05, 3.63) is 42.4 Å². The van der Waals surface area contributed by atoms with E-state index in [0.29, 0.717) is 22.7 Å². The van der Waals surface area contributed by atoms with Crippen molar-refractivity contribution in [2.24, 2.45) is 0 Å². The molecule has 0 bridgehead atoms. The molecule has 1 unspecified atom stereocenters. The van der Waals surface area contributed by atoms with Crippen LogP contribution >= 0.6 is 0 Å². The first-order chi connectivity index (χ1) is 12.5. The van der Waals surface area contributed by atoms with Crippen LogP contribution in [0, 0.1) is 12.7 Å². The molecule has 9 heteroatoms. The largest absolute Gasteiger partial charge is 0.489 e. The molecule has 0 radical (unpaired) electrons. The minimum atomic E-state index is -0.603. The molecule has 4 heterocycles. The highest BCUT2D eigenvalue weighted by atomic mass is 19.1. The topological polar surface area (TPSA) is 97.6 Å². The van der Waals surface area contributed by atoms with Crippen molar-refractivity contribution in [2.45, 2.75) is 20.0 Å². The Kier molecular flexibility index (Phi) is 3.92. The Labute approximate surface area is 147 Å². The first-order valence-electron chi connectivity index (χ1n) is 7.98. The second-order valence-corrected chi connectivity index (χ2v) is 5.91. The molecule has 26 heavy (non-hydrogen) atoms. The minimum absolute atomic E-state index is 0.00171. The molecule has 2 N–H and O–H groups in total. The second-order valence-electron chi connectivity index (χ2n) is 5.91. The molecule has 1 atom stereocenters. The molecule has 2 aliphatic rings. The molecule has 0 spiro atoms. The van der Waals surface area contributed by atoms with E-state index < -0.39 is 11.9 Å². The van der Waals surface area contributed by atoms with Gasteiger partial charge in [0, 0.05) is 18.0 Å². The molecule has 8 nitrogen and oxygen atoms in total. The van der Waals surface area contributed by atoms with Gasteiger partial charge in [-0.05, 0) is 19.9 Å². The number of aromatic amines is 1. The maximum absolute atomic E-state index is 14.6. The zero-order valence-electron chi connectivity index (χ0n) is 14.1. The number of ether oxygens (including phenoxy) is 2. The number of rotatable bonds is 5. The van der Waals surface area contributed by atoms with Gasteiger partial charge in [0.15, 0.2) is 11.6 Å². The Morgan fingerprint density at radius 1 is 1.35 bits per heavy atom. The summed E-state index contributed by atoms with van der Waals surface area (Å²) >= 11 is 0. The molecule has 0 saturated carbocycles. The monoisotopic (exact) mass is 357 g/mol. The third-order valence-corrected chi connectivity index (χ3v) is 3.93. The van der Waals surface area contributed by atoms with Crippen LogP contribution in [0.4, 0.5) is 4.39 Å². The van der Waals surface area contributed by atoms with Gasteiger partial charge in [0.05, 0.1) is 17.9 Å². The van der Waals surface area contributed by atoms with Gasteiger partial charge in [-0.15, -0.1) is 0 Å². The van der Waals surface area contributed by atoms with Crippen LogP contribution in [0.5, 0.6) is 17.4 Å². The molecule has 2 aliphatic heterocycles. The molecule has 0 fully saturated rings. The molecule has 0 saturated heterocycles. The fraction of sp³-hybridized carbons (Fsp3) is 0.235. The van der Waals surface area contributed by atoms with E-state index in [-0.39, 0.29) is 18.2 Å². The van der Waals surface area contributed by atoms with Crippen LogP contribution in [-0.4, -0.2) is 42.4 Å². The zero-order chi connectivity index (χ0) is 18.3. The van der Waals surface area contributed by atoms with E-state index in [1.165, 1.54) is 18.7 Å². The zero-order valence-corrected chi connectivity index (χ0v) is 14.1. The highest BCUT2D eigenvalue weighted by molar-refractivity contribution is 5.68. The van der Waals surface area contributed by atoms with Crippen LogP contribution in [0.1, 0.15) is 12.5 Å².